The zero-order chi connectivity index (χ0) is 42.2. The van der Waals surface area contributed by atoms with Gasteiger partial charge in [0.05, 0.1) is 30.4 Å². The molecule has 10 nitrogen and oxygen atoms in total. The Labute approximate surface area is 350 Å². The van der Waals surface area contributed by atoms with Gasteiger partial charge in [-0.05, 0) is 75.2 Å². The lowest BCUT2D eigenvalue weighted by Crippen LogP contribution is -2.60. The van der Waals surface area contributed by atoms with Crippen LogP contribution in [-0.4, -0.2) is 82.1 Å². The molecule has 7 atom stereocenters. The van der Waals surface area contributed by atoms with Crippen LogP contribution in [0.25, 0.3) is 0 Å². The smallest absolute Gasteiger partial charge is 0.338 e. The Balaban J connectivity index is 1.46. The van der Waals surface area contributed by atoms with Crippen LogP contribution in [0.5, 0.6) is 0 Å². The predicted octanol–water partition coefficient (Wildman–Crippen LogP) is 10.3. The Bertz CT molecular complexity index is 1530. The van der Waals surface area contributed by atoms with Crippen molar-refractivity contribution in [3.8, 4) is 0 Å². The highest BCUT2D eigenvalue weighted by Crippen LogP contribution is 2.41. The molecule has 0 saturated carbocycles. The van der Waals surface area contributed by atoms with E-state index < -0.39 is 68.9 Å². The van der Waals surface area contributed by atoms with Gasteiger partial charge in [-0.15, -0.1) is 0 Å². The normalized spacial score (nSPS) is 23.0. The van der Waals surface area contributed by atoms with E-state index in [0.29, 0.717) is 11.1 Å². The van der Waals surface area contributed by atoms with Crippen molar-refractivity contribution in [1.29, 1.82) is 0 Å². The maximum Gasteiger partial charge on any atom is 0.338 e. The fraction of sp³-hybridized carbons (Fsp3) is 0.660. The van der Waals surface area contributed by atoms with Crippen molar-refractivity contribution in [2.45, 2.75) is 185 Å². The number of carbonyl (C=O) groups excluding carboxylic acids is 2. The van der Waals surface area contributed by atoms with E-state index in [1.54, 1.807) is 48.5 Å². The van der Waals surface area contributed by atoms with Crippen LogP contribution in [0.3, 0.4) is 0 Å². The van der Waals surface area contributed by atoms with Crippen molar-refractivity contribution in [2.24, 2.45) is 5.73 Å². The van der Waals surface area contributed by atoms with Crippen molar-refractivity contribution in [3.63, 3.8) is 0 Å². The number of nitrogens with two attached hydrogens (primary N) is 1. The largest absolute Gasteiger partial charge is 0.453 e. The van der Waals surface area contributed by atoms with E-state index in [-0.39, 0.29) is 18.3 Å². The predicted molar refractivity (Wildman–Crippen MR) is 231 cm³/mol. The Morgan fingerprint density at radius 3 is 1.91 bits per heavy atom. The molecular weight excluding hydrogens is 751 g/mol. The number of esters is 2. The van der Waals surface area contributed by atoms with Crippen LogP contribution in [0, 0.1) is 0 Å². The summed E-state index contributed by atoms with van der Waals surface area (Å²) in [6.07, 6.45) is 14.0. The summed E-state index contributed by atoms with van der Waals surface area (Å²) in [6.45, 7) is 17.0. The molecule has 0 aliphatic carbocycles. The highest BCUT2D eigenvalue weighted by atomic mass is 28.4. The molecule has 11 heteroatoms. The molecule has 2 aromatic rings. The van der Waals surface area contributed by atoms with Gasteiger partial charge >= 0.3 is 11.9 Å². The first kappa shape index (κ1) is 47.8. The Hall–Kier alpha value is -2.90. The maximum atomic E-state index is 13.5. The molecule has 58 heavy (non-hydrogen) atoms. The molecule has 2 fully saturated rings. The molecular formula is C47H73NO9Si. The molecule has 0 aromatic heterocycles. The van der Waals surface area contributed by atoms with Crippen molar-refractivity contribution in [1.82, 2.24) is 0 Å². The van der Waals surface area contributed by atoms with Gasteiger partial charge in [-0.25, -0.2) is 9.59 Å². The first-order valence-electron chi connectivity index (χ1n) is 21.8. The summed E-state index contributed by atoms with van der Waals surface area (Å²) in [5.74, 6) is -2.00. The zero-order valence-corrected chi connectivity index (χ0v) is 37.6. The molecule has 4 rings (SSSR count). The van der Waals surface area contributed by atoms with Crippen LogP contribution in [-0.2, 0) is 32.8 Å². The SMILES string of the molecule is CCCCCCCCCCCCC/C=C/[C@@H](OC(=O)c1ccccc1)[C@@H](N)CO[C@@H]1O[C@H](CO[Si](C)(C)C(C)(C)C)[C@@H]2OC(C)(C)O[C@@H]2[C@H]1OC(=O)c1ccccc1. The van der Waals surface area contributed by atoms with Crippen molar-refractivity contribution < 1.29 is 42.4 Å². The molecule has 2 aliphatic heterocycles. The van der Waals surface area contributed by atoms with E-state index in [1.807, 2.05) is 38.1 Å². The number of rotatable bonds is 24. The molecule has 0 spiro atoms. The quantitative estimate of drug-likeness (QED) is 0.0473. The molecule has 2 N–H and O–H groups in total. The van der Waals surface area contributed by atoms with Crippen LogP contribution >= 0.6 is 0 Å². The summed E-state index contributed by atoms with van der Waals surface area (Å²) in [6, 6.07) is 16.9. The highest BCUT2D eigenvalue weighted by molar-refractivity contribution is 6.74. The molecule has 0 radical (unpaired) electrons. The number of ether oxygens (including phenoxy) is 6. The molecule has 324 valence electrons. The third kappa shape index (κ3) is 15.0. The van der Waals surface area contributed by atoms with Crippen molar-refractivity contribution in [2.75, 3.05) is 13.2 Å². The van der Waals surface area contributed by atoms with Gasteiger partial charge in [0.15, 0.2) is 26.5 Å². The second-order valence-electron chi connectivity index (χ2n) is 17.9. The average Bonchev–Trinajstić information content (AvgIpc) is 3.53. The van der Waals surface area contributed by atoms with E-state index >= 15 is 0 Å². The van der Waals surface area contributed by atoms with E-state index in [4.69, 9.17) is 38.6 Å². The average molecular weight is 824 g/mol. The maximum absolute atomic E-state index is 13.5. The van der Waals surface area contributed by atoms with Gasteiger partial charge in [0, 0.05) is 0 Å². The van der Waals surface area contributed by atoms with Crippen LogP contribution < -0.4 is 5.73 Å². The van der Waals surface area contributed by atoms with Gasteiger partial charge in [-0.1, -0.05) is 134 Å². The molecule has 2 saturated heterocycles. The summed E-state index contributed by atoms with van der Waals surface area (Å²) < 4.78 is 44.7. The Kier molecular flexibility index (Phi) is 19.1. The Morgan fingerprint density at radius 2 is 1.34 bits per heavy atom. The molecule has 0 unspecified atom stereocenters. The minimum atomic E-state index is -2.19. The van der Waals surface area contributed by atoms with Crippen LogP contribution in [0.1, 0.15) is 139 Å². The van der Waals surface area contributed by atoms with Gasteiger partial charge in [0.25, 0.3) is 0 Å². The standard InChI is InChI=1S/C47H73NO9Si/c1-9-10-11-12-13-14-15-16-17-18-19-20-27-32-38(53-43(49)35-28-23-21-24-29-35)37(48)33-51-45-42(55-44(50)36-30-25-22-26-31-36)41-40(56-47(5,6)57-41)39(54-45)34-52-58(7,8)46(2,3)4/h21-32,37-42,45H,9-20,33-34,48H2,1-8H3/b32-27+/t37-,38+,39+,40-,41-,42+,45+/m0/s1. The topological polar surface area (TPSA) is 125 Å². The minimum Gasteiger partial charge on any atom is -0.453 e. The van der Waals surface area contributed by atoms with Crippen LogP contribution in [0.4, 0.5) is 0 Å². The zero-order valence-electron chi connectivity index (χ0n) is 36.6. The summed E-state index contributed by atoms with van der Waals surface area (Å²) in [5, 5.41) is -0.0310. The number of allylic oxidation sites excluding steroid dienone is 1. The van der Waals surface area contributed by atoms with Crippen LogP contribution in [0.2, 0.25) is 18.1 Å². The first-order chi connectivity index (χ1) is 27.6. The van der Waals surface area contributed by atoms with Gasteiger partial charge in [-0.2, -0.15) is 0 Å². The first-order valence-corrected chi connectivity index (χ1v) is 24.7. The van der Waals surface area contributed by atoms with E-state index in [9.17, 15) is 9.59 Å². The third-order valence-corrected chi connectivity index (χ3v) is 16.0. The highest BCUT2D eigenvalue weighted by Gasteiger charge is 2.58. The Morgan fingerprint density at radius 1 is 0.810 bits per heavy atom. The number of benzene rings is 2. The van der Waals surface area contributed by atoms with Gasteiger partial charge < -0.3 is 38.6 Å². The fourth-order valence-electron chi connectivity index (χ4n) is 7.00. The number of carbonyl (C=O) groups is 2. The minimum absolute atomic E-state index is 0.0310. The number of unbranched alkanes of at least 4 members (excludes halogenated alkanes) is 11. The summed E-state index contributed by atoms with van der Waals surface area (Å²) in [7, 11) is -2.19. The molecule has 0 bridgehead atoms. The lowest BCUT2D eigenvalue weighted by Gasteiger charge is -2.43. The van der Waals surface area contributed by atoms with Crippen LogP contribution in [0.15, 0.2) is 72.8 Å². The summed E-state index contributed by atoms with van der Waals surface area (Å²) in [5.41, 5.74) is 7.61. The van der Waals surface area contributed by atoms with E-state index in [1.165, 1.54) is 57.8 Å². The lowest BCUT2D eigenvalue weighted by atomic mass is 9.99. The number of hydrogen-bond donors (Lipinski definition) is 1. The summed E-state index contributed by atoms with van der Waals surface area (Å²) >= 11 is 0. The monoisotopic (exact) mass is 824 g/mol. The fourth-order valence-corrected chi connectivity index (χ4v) is 8.01. The molecule has 2 aliphatic rings. The number of fused-ring (bicyclic) bond motifs is 1. The number of hydrogen-bond acceptors (Lipinski definition) is 10. The molecule has 0 amide bonds. The van der Waals surface area contributed by atoms with Gasteiger partial charge in [0.2, 0.25) is 0 Å². The molecule has 2 aromatic carbocycles. The summed E-state index contributed by atoms with van der Waals surface area (Å²) in [4.78, 5) is 26.8. The molecule has 2 heterocycles. The third-order valence-electron chi connectivity index (χ3n) is 11.5. The van der Waals surface area contributed by atoms with E-state index in [0.717, 1.165) is 19.3 Å². The van der Waals surface area contributed by atoms with Crippen molar-refractivity contribution in [3.05, 3.63) is 83.9 Å². The van der Waals surface area contributed by atoms with E-state index in [2.05, 4.69) is 40.8 Å². The second kappa shape index (κ2) is 23.2. The van der Waals surface area contributed by atoms with Gasteiger partial charge in [-0.3, -0.25) is 0 Å². The second-order valence-corrected chi connectivity index (χ2v) is 22.7. The van der Waals surface area contributed by atoms with Gasteiger partial charge in [0.1, 0.15) is 24.4 Å². The van der Waals surface area contributed by atoms with Crippen molar-refractivity contribution >= 4 is 20.3 Å². The lowest BCUT2D eigenvalue weighted by molar-refractivity contribution is -0.282.